The van der Waals surface area contributed by atoms with Crippen LogP contribution < -0.4 is 10.6 Å². The molecule has 4 aromatic rings. The molecule has 4 rings (SSSR count). The van der Waals surface area contributed by atoms with Crippen molar-refractivity contribution in [2.45, 2.75) is 19.8 Å². The Labute approximate surface area is 164 Å². The Morgan fingerprint density at radius 2 is 1.75 bits per heavy atom. The summed E-state index contributed by atoms with van der Waals surface area (Å²) in [7, 11) is 0. The van der Waals surface area contributed by atoms with E-state index in [1.165, 1.54) is 0 Å². The second kappa shape index (κ2) is 8.48. The Bertz CT molecular complexity index is 1060. The molecule has 0 aliphatic heterocycles. The number of nitrogens with zero attached hydrogens (tertiary/aromatic N) is 3. The number of aromatic nitrogens is 3. The van der Waals surface area contributed by atoms with Crippen molar-refractivity contribution in [3.63, 3.8) is 0 Å². The number of pyridine rings is 1. The van der Waals surface area contributed by atoms with Gasteiger partial charge in [-0.2, -0.15) is 4.98 Å². The number of para-hydroxylation sites is 1. The highest BCUT2D eigenvalue weighted by atomic mass is 15.1. The topological polar surface area (TPSA) is 62.7 Å². The number of unbranched alkanes of at least 4 members (excludes halogenated alkanes) is 1. The van der Waals surface area contributed by atoms with Gasteiger partial charge >= 0.3 is 0 Å². The van der Waals surface area contributed by atoms with Crippen LogP contribution in [0.1, 0.15) is 19.8 Å². The van der Waals surface area contributed by atoms with Gasteiger partial charge in [0.2, 0.25) is 5.95 Å². The standard InChI is InChI=1S/C23H23N5/c1-2-3-14-25-23-27-20(17-9-5-4-6-10-17)16-21(28-23)26-19-13-7-11-18-12-8-15-24-22(18)19/h4-13,15-16H,2-3,14H2,1H3,(H2,25,26,27,28). The minimum Gasteiger partial charge on any atom is -0.354 e. The average molecular weight is 369 g/mol. The second-order valence-corrected chi connectivity index (χ2v) is 6.61. The highest BCUT2D eigenvalue weighted by Crippen LogP contribution is 2.27. The van der Waals surface area contributed by atoms with Gasteiger partial charge in [0.15, 0.2) is 0 Å². The van der Waals surface area contributed by atoms with Crippen LogP contribution in [0.15, 0.2) is 72.9 Å². The number of rotatable bonds is 7. The largest absolute Gasteiger partial charge is 0.354 e. The first-order valence-electron chi connectivity index (χ1n) is 9.62. The highest BCUT2D eigenvalue weighted by Gasteiger charge is 2.09. The van der Waals surface area contributed by atoms with Crippen LogP contribution in [-0.4, -0.2) is 21.5 Å². The lowest BCUT2D eigenvalue weighted by Gasteiger charge is -2.12. The fraction of sp³-hybridized carbons (Fsp3) is 0.174. The molecule has 2 aromatic heterocycles. The number of anilines is 3. The van der Waals surface area contributed by atoms with E-state index in [-0.39, 0.29) is 0 Å². The maximum atomic E-state index is 4.70. The lowest BCUT2D eigenvalue weighted by molar-refractivity contribution is 0.827. The lowest BCUT2D eigenvalue weighted by atomic mass is 10.1. The quantitative estimate of drug-likeness (QED) is 0.412. The fourth-order valence-corrected chi connectivity index (χ4v) is 3.07. The van der Waals surface area contributed by atoms with E-state index in [1.807, 2.05) is 42.5 Å². The van der Waals surface area contributed by atoms with Gasteiger partial charge in [-0.3, -0.25) is 4.98 Å². The van der Waals surface area contributed by atoms with E-state index in [0.29, 0.717) is 5.95 Å². The summed E-state index contributed by atoms with van der Waals surface area (Å²) in [5.41, 5.74) is 3.79. The summed E-state index contributed by atoms with van der Waals surface area (Å²) < 4.78 is 0. The van der Waals surface area contributed by atoms with Crippen LogP contribution >= 0.6 is 0 Å². The van der Waals surface area contributed by atoms with E-state index in [9.17, 15) is 0 Å². The Morgan fingerprint density at radius 1 is 0.893 bits per heavy atom. The third kappa shape index (κ3) is 4.09. The predicted molar refractivity (Wildman–Crippen MR) is 116 cm³/mol. The van der Waals surface area contributed by atoms with Crippen molar-refractivity contribution in [3.05, 3.63) is 72.9 Å². The van der Waals surface area contributed by atoms with E-state index < -0.39 is 0 Å². The summed E-state index contributed by atoms with van der Waals surface area (Å²) in [6.07, 6.45) is 4.01. The zero-order valence-electron chi connectivity index (χ0n) is 15.9. The normalized spacial score (nSPS) is 10.8. The van der Waals surface area contributed by atoms with Crippen molar-refractivity contribution in [3.8, 4) is 11.3 Å². The fourth-order valence-electron chi connectivity index (χ4n) is 3.07. The van der Waals surface area contributed by atoms with E-state index >= 15 is 0 Å². The minimum atomic E-state index is 0.630. The monoisotopic (exact) mass is 369 g/mol. The van der Waals surface area contributed by atoms with E-state index in [2.05, 4.69) is 51.8 Å². The van der Waals surface area contributed by atoms with E-state index in [0.717, 1.165) is 53.1 Å². The van der Waals surface area contributed by atoms with Gasteiger partial charge in [-0.1, -0.05) is 61.9 Å². The molecular formula is C23H23N5. The van der Waals surface area contributed by atoms with Crippen LogP contribution in [0.5, 0.6) is 0 Å². The van der Waals surface area contributed by atoms with Gasteiger partial charge in [-0.15, -0.1) is 0 Å². The predicted octanol–water partition coefficient (Wildman–Crippen LogP) is 5.65. The van der Waals surface area contributed by atoms with Crippen molar-refractivity contribution in [1.82, 2.24) is 15.0 Å². The first kappa shape index (κ1) is 17.9. The number of hydrogen-bond acceptors (Lipinski definition) is 5. The number of nitrogens with one attached hydrogen (secondary N) is 2. The van der Waals surface area contributed by atoms with Crippen molar-refractivity contribution < 1.29 is 0 Å². The average Bonchev–Trinajstić information content (AvgIpc) is 2.75. The molecule has 5 heteroatoms. The van der Waals surface area contributed by atoms with E-state index in [1.54, 1.807) is 6.20 Å². The van der Waals surface area contributed by atoms with Gasteiger partial charge in [-0.25, -0.2) is 4.98 Å². The molecular weight excluding hydrogens is 346 g/mol. The summed E-state index contributed by atoms with van der Waals surface area (Å²) in [6, 6.07) is 22.2. The summed E-state index contributed by atoms with van der Waals surface area (Å²) in [5.74, 6) is 1.37. The minimum absolute atomic E-state index is 0.630. The van der Waals surface area contributed by atoms with Crippen LogP contribution in [0.3, 0.4) is 0 Å². The zero-order chi connectivity index (χ0) is 19.2. The molecule has 2 N–H and O–H groups in total. The third-order valence-electron chi connectivity index (χ3n) is 4.50. The SMILES string of the molecule is CCCCNc1nc(Nc2cccc3cccnc23)cc(-c2ccccc2)n1. The molecule has 0 aliphatic rings. The van der Waals surface area contributed by atoms with Gasteiger partial charge < -0.3 is 10.6 Å². The van der Waals surface area contributed by atoms with Crippen molar-refractivity contribution in [2.75, 3.05) is 17.2 Å². The maximum Gasteiger partial charge on any atom is 0.225 e. The molecule has 0 unspecified atom stereocenters. The van der Waals surface area contributed by atoms with Gasteiger partial charge in [0.1, 0.15) is 5.82 Å². The van der Waals surface area contributed by atoms with Crippen molar-refractivity contribution in [1.29, 1.82) is 0 Å². The summed E-state index contributed by atoms with van der Waals surface area (Å²) >= 11 is 0. The summed E-state index contributed by atoms with van der Waals surface area (Å²) in [5, 5.41) is 7.86. The van der Waals surface area contributed by atoms with Gasteiger partial charge in [-0.05, 0) is 18.6 Å². The highest BCUT2D eigenvalue weighted by molar-refractivity contribution is 5.91. The molecule has 5 nitrogen and oxygen atoms in total. The van der Waals surface area contributed by atoms with Crippen LogP contribution in [-0.2, 0) is 0 Å². The van der Waals surface area contributed by atoms with Crippen LogP contribution in [0.2, 0.25) is 0 Å². The summed E-state index contributed by atoms with van der Waals surface area (Å²) in [6.45, 7) is 3.02. The molecule has 28 heavy (non-hydrogen) atoms. The first-order chi connectivity index (χ1) is 13.8. The van der Waals surface area contributed by atoms with Crippen LogP contribution in [0, 0.1) is 0 Å². The van der Waals surface area contributed by atoms with Gasteiger partial charge in [0.05, 0.1) is 16.9 Å². The molecule has 140 valence electrons. The molecule has 0 atom stereocenters. The third-order valence-corrected chi connectivity index (χ3v) is 4.50. The summed E-state index contributed by atoms with van der Waals surface area (Å²) in [4.78, 5) is 13.9. The Morgan fingerprint density at radius 3 is 2.61 bits per heavy atom. The number of hydrogen-bond donors (Lipinski definition) is 2. The Balaban J connectivity index is 1.71. The molecule has 2 heterocycles. The molecule has 0 fully saturated rings. The molecule has 0 radical (unpaired) electrons. The molecule has 0 bridgehead atoms. The first-order valence-corrected chi connectivity index (χ1v) is 9.62. The molecule has 0 aliphatic carbocycles. The smallest absolute Gasteiger partial charge is 0.225 e. The Kier molecular flexibility index (Phi) is 5.43. The van der Waals surface area contributed by atoms with Gasteiger partial charge in [0.25, 0.3) is 0 Å². The van der Waals surface area contributed by atoms with Crippen LogP contribution in [0.4, 0.5) is 17.5 Å². The molecule has 0 saturated carbocycles. The number of benzene rings is 2. The van der Waals surface area contributed by atoms with E-state index in [4.69, 9.17) is 4.98 Å². The number of fused-ring (bicyclic) bond motifs is 1. The molecule has 0 spiro atoms. The van der Waals surface area contributed by atoms with Gasteiger partial charge in [0, 0.05) is 29.8 Å². The van der Waals surface area contributed by atoms with Crippen molar-refractivity contribution >= 4 is 28.4 Å². The Hall–Kier alpha value is -3.47. The molecule has 0 saturated heterocycles. The molecule has 0 amide bonds. The zero-order valence-corrected chi connectivity index (χ0v) is 15.9. The molecule has 2 aromatic carbocycles. The lowest BCUT2D eigenvalue weighted by Crippen LogP contribution is -2.07. The van der Waals surface area contributed by atoms with Crippen LogP contribution in [0.25, 0.3) is 22.2 Å². The van der Waals surface area contributed by atoms with Crippen molar-refractivity contribution in [2.24, 2.45) is 0 Å². The maximum absolute atomic E-state index is 4.70. The second-order valence-electron chi connectivity index (χ2n) is 6.61.